The minimum Gasteiger partial charge on any atom is -0.497 e. The van der Waals surface area contributed by atoms with Crippen LogP contribution in [-0.4, -0.2) is 12.2 Å². The fourth-order valence-electron chi connectivity index (χ4n) is 1.82. The van der Waals surface area contributed by atoms with Crippen LogP contribution in [0.5, 0.6) is 5.75 Å². The summed E-state index contributed by atoms with van der Waals surface area (Å²) in [6.07, 6.45) is 0.129. The highest BCUT2D eigenvalue weighted by Gasteiger charge is 2.08. The van der Waals surface area contributed by atoms with E-state index < -0.39 is 6.10 Å². The molecular formula is C15H16O2. The number of ether oxygens (including phenoxy) is 1. The van der Waals surface area contributed by atoms with Gasteiger partial charge in [0.25, 0.3) is 0 Å². The lowest BCUT2D eigenvalue weighted by atomic mass is 10.0. The first-order chi connectivity index (χ1) is 8.29. The Hall–Kier alpha value is -1.80. The maximum Gasteiger partial charge on any atom is 0.119 e. The van der Waals surface area contributed by atoms with E-state index in [0.29, 0.717) is 6.42 Å². The standard InChI is InChI=1S/C15H16O2/c1-17-14-9-5-6-12(10-14)11-15(16)13-7-3-2-4-8-13/h2-10,15-16H,11H2,1H3/t15-/m1/s1. The van der Waals surface area contributed by atoms with Crippen LogP contribution in [0.1, 0.15) is 17.2 Å². The molecule has 1 N–H and O–H groups in total. The van der Waals surface area contributed by atoms with Crippen molar-refractivity contribution >= 4 is 0 Å². The number of hydrogen-bond acceptors (Lipinski definition) is 2. The van der Waals surface area contributed by atoms with Gasteiger partial charge in [-0.3, -0.25) is 0 Å². The number of benzene rings is 2. The van der Waals surface area contributed by atoms with Crippen LogP contribution in [0.15, 0.2) is 54.6 Å². The molecule has 0 saturated heterocycles. The monoisotopic (exact) mass is 228 g/mol. The van der Waals surface area contributed by atoms with Crippen molar-refractivity contribution in [3.05, 3.63) is 65.7 Å². The van der Waals surface area contributed by atoms with Gasteiger partial charge in [0.15, 0.2) is 0 Å². The molecule has 2 aromatic carbocycles. The maximum atomic E-state index is 10.1. The molecule has 0 heterocycles. The van der Waals surface area contributed by atoms with E-state index in [1.54, 1.807) is 7.11 Å². The molecule has 0 amide bonds. The Labute approximate surface area is 101 Å². The molecule has 0 aliphatic heterocycles. The van der Waals surface area contributed by atoms with Crippen molar-refractivity contribution in [2.75, 3.05) is 7.11 Å². The molecular weight excluding hydrogens is 212 g/mol. The van der Waals surface area contributed by atoms with Crippen LogP contribution in [0.25, 0.3) is 0 Å². The fraction of sp³-hybridized carbons (Fsp3) is 0.200. The molecule has 0 spiro atoms. The van der Waals surface area contributed by atoms with Crippen LogP contribution in [0.2, 0.25) is 0 Å². The molecule has 0 aliphatic rings. The molecule has 0 unspecified atom stereocenters. The zero-order valence-corrected chi connectivity index (χ0v) is 9.84. The number of aliphatic hydroxyl groups excluding tert-OH is 1. The zero-order valence-electron chi connectivity index (χ0n) is 9.84. The van der Waals surface area contributed by atoms with Gasteiger partial charge in [0.1, 0.15) is 5.75 Å². The molecule has 88 valence electrons. The molecule has 0 saturated carbocycles. The minimum absolute atomic E-state index is 0.469. The third-order valence-electron chi connectivity index (χ3n) is 2.75. The van der Waals surface area contributed by atoms with Gasteiger partial charge in [-0.2, -0.15) is 0 Å². The number of methoxy groups -OCH3 is 1. The van der Waals surface area contributed by atoms with Gasteiger partial charge in [0, 0.05) is 6.42 Å². The molecule has 2 nitrogen and oxygen atoms in total. The summed E-state index contributed by atoms with van der Waals surface area (Å²) in [6.45, 7) is 0. The number of rotatable bonds is 4. The van der Waals surface area contributed by atoms with Gasteiger partial charge in [0.05, 0.1) is 13.2 Å². The Bertz CT molecular complexity index is 465. The Balaban J connectivity index is 2.10. The minimum atomic E-state index is -0.469. The summed E-state index contributed by atoms with van der Waals surface area (Å²) in [4.78, 5) is 0. The van der Waals surface area contributed by atoms with Gasteiger partial charge < -0.3 is 9.84 Å². The summed E-state index contributed by atoms with van der Waals surface area (Å²) >= 11 is 0. The largest absolute Gasteiger partial charge is 0.497 e. The molecule has 2 aromatic rings. The van der Waals surface area contributed by atoms with Crippen molar-refractivity contribution in [2.45, 2.75) is 12.5 Å². The molecule has 1 atom stereocenters. The van der Waals surface area contributed by atoms with E-state index in [2.05, 4.69) is 0 Å². The van der Waals surface area contributed by atoms with Crippen LogP contribution in [0.4, 0.5) is 0 Å². The van der Waals surface area contributed by atoms with Gasteiger partial charge in [-0.25, -0.2) is 0 Å². The third kappa shape index (κ3) is 3.08. The lowest BCUT2D eigenvalue weighted by Crippen LogP contribution is -2.01. The number of aliphatic hydroxyl groups is 1. The van der Waals surface area contributed by atoms with E-state index in [-0.39, 0.29) is 0 Å². The second-order valence-electron chi connectivity index (χ2n) is 3.98. The predicted molar refractivity (Wildman–Crippen MR) is 68.1 cm³/mol. The summed E-state index contributed by atoms with van der Waals surface area (Å²) in [5, 5.41) is 10.1. The molecule has 0 bridgehead atoms. The maximum absolute atomic E-state index is 10.1. The van der Waals surface area contributed by atoms with Gasteiger partial charge >= 0.3 is 0 Å². The van der Waals surface area contributed by atoms with E-state index in [4.69, 9.17) is 4.74 Å². The van der Waals surface area contributed by atoms with E-state index >= 15 is 0 Å². The fourth-order valence-corrected chi connectivity index (χ4v) is 1.82. The number of hydrogen-bond donors (Lipinski definition) is 1. The van der Waals surface area contributed by atoms with E-state index in [0.717, 1.165) is 16.9 Å². The van der Waals surface area contributed by atoms with Gasteiger partial charge in [0.2, 0.25) is 0 Å². The van der Waals surface area contributed by atoms with Crippen LogP contribution < -0.4 is 4.74 Å². The van der Waals surface area contributed by atoms with Crippen molar-refractivity contribution in [3.8, 4) is 5.75 Å². The Kier molecular flexibility index (Phi) is 3.78. The van der Waals surface area contributed by atoms with Gasteiger partial charge in [-0.15, -0.1) is 0 Å². The van der Waals surface area contributed by atoms with Crippen molar-refractivity contribution in [2.24, 2.45) is 0 Å². The zero-order chi connectivity index (χ0) is 12.1. The second kappa shape index (κ2) is 5.51. The van der Waals surface area contributed by atoms with Gasteiger partial charge in [-0.1, -0.05) is 42.5 Å². The van der Waals surface area contributed by atoms with Crippen LogP contribution in [0, 0.1) is 0 Å². The SMILES string of the molecule is COc1cccc(C[C@@H](O)c2ccccc2)c1. The first kappa shape index (κ1) is 11.7. The average Bonchev–Trinajstić information content (AvgIpc) is 2.40. The topological polar surface area (TPSA) is 29.5 Å². The highest BCUT2D eigenvalue weighted by Crippen LogP contribution is 2.20. The smallest absolute Gasteiger partial charge is 0.119 e. The first-order valence-corrected chi connectivity index (χ1v) is 5.65. The van der Waals surface area contributed by atoms with Crippen molar-refractivity contribution in [1.29, 1.82) is 0 Å². The summed E-state index contributed by atoms with van der Waals surface area (Å²) in [6, 6.07) is 17.5. The van der Waals surface area contributed by atoms with E-state index in [1.165, 1.54) is 0 Å². The highest BCUT2D eigenvalue weighted by molar-refractivity contribution is 5.30. The Morgan fingerprint density at radius 2 is 1.82 bits per heavy atom. The third-order valence-corrected chi connectivity index (χ3v) is 2.75. The molecule has 2 heteroatoms. The quantitative estimate of drug-likeness (QED) is 0.871. The van der Waals surface area contributed by atoms with Crippen molar-refractivity contribution in [3.63, 3.8) is 0 Å². The summed E-state index contributed by atoms with van der Waals surface area (Å²) in [5.41, 5.74) is 2.01. The second-order valence-corrected chi connectivity index (χ2v) is 3.98. The van der Waals surface area contributed by atoms with Crippen LogP contribution >= 0.6 is 0 Å². The first-order valence-electron chi connectivity index (χ1n) is 5.65. The molecule has 0 fully saturated rings. The lowest BCUT2D eigenvalue weighted by Gasteiger charge is -2.11. The Morgan fingerprint density at radius 1 is 1.06 bits per heavy atom. The Morgan fingerprint density at radius 3 is 2.53 bits per heavy atom. The predicted octanol–water partition coefficient (Wildman–Crippen LogP) is 2.97. The van der Waals surface area contributed by atoms with Gasteiger partial charge in [-0.05, 0) is 23.3 Å². The van der Waals surface area contributed by atoms with Crippen molar-refractivity contribution < 1.29 is 9.84 Å². The molecule has 17 heavy (non-hydrogen) atoms. The van der Waals surface area contributed by atoms with Crippen LogP contribution in [0.3, 0.4) is 0 Å². The summed E-state index contributed by atoms with van der Waals surface area (Å²) in [7, 11) is 1.65. The molecule has 2 rings (SSSR count). The molecule has 0 aromatic heterocycles. The normalized spacial score (nSPS) is 12.1. The van der Waals surface area contributed by atoms with Crippen LogP contribution in [-0.2, 0) is 6.42 Å². The summed E-state index contributed by atoms with van der Waals surface area (Å²) < 4.78 is 5.16. The van der Waals surface area contributed by atoms with E-state index in [9.17, 15) is 5.11 Å². The van der Waals surface area contributed by atoms with E-state index in [1.807, 2.05) is 54.6 Å². The van der Waals surface area contributed by atoms with Crippen molar-refractivity contribution in [1.82, 2.24) is 0 Å². The highest BCUT2D eigenvalue weighted by atomic mass is 16.5. The molecule has 0 aliphatic carbocycles. The average molecular weight is 228 g/mol. The molecule has 0 radical (unpaired) electrons. The summed E-state index contributed by atoms with van der Waals surface area (Å²) in [5.74, 6) is 0.822. The lowest BCUT2D eigenvalue weighted by molar-refractivity contribution is 0.178.